The van der Waals surface area contributed by atoms with Gasteiger partial charge in [0.05, 0.1) is 31.7 Å². The number of phosphoric ester groups is 1. The highest BCUT2D eigenvalue weighted by Crippen LogP contribution is 2.68. The Morgan fingerprint density at radius 2 is 2.19 bits per heavy atom. The summed E-state index contributed by atoms with van der Waals surface area (Å²) in [5.41, 5.74) is 5.64. The summed E-state index contributed by atoms with van der Waals surface area (Å²) >= 11 is 5.88. The first-order chi connectivity index (χ1) is 12.7. The lowest BCUT2D eigenvalue weighted by atomic mass is 10.0. The molecule has 6 atom stereocenters. The van der Waals surface area contributed by atoms with E-state index in [2.05, 4.69) is 19.5 Å². The van der Waals surface area contributed by atoms with E-state index in [0.29, 0.717) is 17.6 Å². The van der Waals surface area contributed by atoms with Crippen LogP contribution in [0.3, 0.4) is 0 Å². The number of anilines is 1. The number of nitrogens with zero attached hydrogens (tertiary/aromatic N) is 4. The number of nitrogen functional groups attached to an aromatic ring is 1. The summed E-state index contributed by atoms with van der Waals surface area (Å²) in [6, 6.07) is -0.566. The van der Waals surface area contributed by atoms with Crippen LogP contribution in [0.4, 0.5) is 5.82 Å². The molecule has 2 aliphatic rings. The summed E-state index contributed by atoms with van der Waals surface area (Å²) in [6.07, 6.45) is -0.346. The average Bonchev–Trinajstić information content (AvgIpc) is 3.09. The molecule has 0 spiro atoms. The molecule has 2 aliphatic carbocycles. The number of hydrogen-bond acceptors (Lipinski definition) is 9. The third-order valence-corrected chi connectivity index (χ3v) is 6.59. The van der Waals surface area contributed by atoms with Crippen LogP contribution in [0, 0.1) is 11.3 Å². The van der Waals surface area contributed by atoms with Crippen molar-refractivity contribution in [1.82, 2.24) is 19.5 Å². The zero-order valence-electron chi connectivity index (χ0n) is 14.3. The minimum Gasteiger partial charge on any atom is -0.390 e. The van der Waals surface area contributed by atoms with Crippen LogP contribution >= 0.6 is 19.4 Å². The van der Waals surface area contributed by atoms with Crippen molar-refractivity contribution < 1.29 is 28.7 Å². The van der Waals surface area contributed by atoms with Crippen LogP contribution < -0.4 is 5.73 Å². The van der Waals surface area contributed by atoms with E-state index in [9.17, 15) is 19.7 Å². The number of aliphatic hydroxyl groups is 2. The number of hydrogen-bond donors (Lipinski definition) is 4. The zero-order chi connectivity index (χ0) is 19.6. The van der Waals surface area contributed by atoms with Gasteiger partial charge in [-0.05, 0) is 30.9 Å². The molecule has 0 saturated heterocycles. The molecule has 13 heteroatoms. The summed E-state index contributed by atoms with van der Waals surface area (Å²) in [5.74, 6) is -0.100. The molecule has 5 N–H and O–H groups in total. The topological polar surface area (TPSA) is 166 Å². The predicted octanol–water partition coefficient (Wildman–Crippen LogP) is 0.498. The van der Waals surface area contributed by atoms with Crippen molar-refractivity contribution in [2.75, 3.05) is 18.9 Å². The number of fused-ring (bicyclic) bond motifs is 2. The molecule has 11 nitrogen and oxygen atoms in total. The fourth-order valence-corrected chi connectivity index (χ4v) is 5.03. The normalized spacial score (nSPS) is 34.6. The molecule has 0 aliphatic heterocycles. The van der Waals surface area contributed by atoms with Crippen molar-refractivity contribution >= 4 is 36.4 Å². The maximum Gasteiger partial charge on any atom is 0.472 e. The van der Waals surface area contributed by atoms with Crippen LogP contribution in [0.15, 0.2) is 6.33 Å². The summed E-state index contributed by atoms with van der Waals surface area (Å²) in [7, 11) is -4.21. The SMILES string of the molecule is CCOP(=O)(O)OC[C@]12C[C@@H]1[C@@H](n1cnc3c(N)nc(Cl)nc31)[C@H](O)[C@@H]2O. The van der Waals surface area contributed by atoms with E-state index in [-0.39, 0.29) is 30.2 Å². The summed E-state index contributed by atoms with van der Waals surface area (Å²) in [5, 5.41) is 21.1. The highest BCUT2D eigenvalue weighted by molar-refractivity contribution is 7.47. The van der Waals surface area contributed by atoms with Gasteiger partial charge in [0, 0.05) is 5.41 Å². The molecule has 2 fully saturated rings. The third-order valence-electron chi connectivity index (χ3n) is 5.38. The van der Waals surface area contributed by atoms with Crippen LogP contribution in [0.2, 0.25) is 5.28 Å². The van der Waals surface area contributed by atoms with Gasteiger partial charge < -0.3 is 25.4 Å². The van der Waals surface area contributed by atoms with Gasteiger partial charge in [-0.25, -0.2) is 9.55 Å². The largest absolute Gasteiger partial charge is 0.472 e. The van der Waals surface area contributed by atoms with Gasteiger partial charge >= 0.3 is 7.82 Å². The minimum absolute atomic E-state index is 0.0148. The Labute approximate surface area is 158 Å². The van der Waals surface area contributed by atoms with E-state index < -0.39 is 31.5 Å². The van der Waals surface area contributed by atoms with Gasteiger partial charge in [-0.2, -0.15) is 9.97 Å². The van der Waals surface area contributed by atoms with Crippen molar-refractivity contribution in [3.8, 4) is 0 Å². The molecule has 27 heavy (non-hydrogen) atoms. The minimum atomic E-state index is -4.21. The van der Waals surface area contributed by atoms with Crippen molar-refractivity contribution in [2.24, 2.45) is 11.3 Å². The Morgan fingerprint density at radius 1 is 1.44 bits per heavy atom. The van der Waals surface area contributed by atoms with E-state index in [1.165, 1.54) is 6.33 Å². The average molecular weight is 420 g/mol. The Bertz CT molecular complexity index is 942. The Hall–Kier alpha value is -1.33. The molecule has 2 aromatic rings. The van der Waals surface area contributed by atoms with E-state index in [1.807, 2.05) is 0 Å². The molecule has 0 aromatic carbocycles. The lowest BCUT2D eigenvalue weighted by Gasteiger charge is -2.24. The number of aliphatic hydroxyl groups excluding tert-OH is 2. The van der Waals surface area contributed by atoms with Gasteiger partial charge in [0.25, 0.3) is 0 Å². The highest BCUT2D eigenvalue weighted by Gasteiger charge is 2.72. The molecular weight excluding hydrogens is 401 g/mol. The molecule has 0 radical (unpaired) electrons. The van der Waals surface area contributed by atoms with Crippen molar-refractivity contribution in [3.63, 3.8) is 0 Å². The molecule has 0 amide bonds. The molecule has 0 bridgehead atoms. The standard InChI is InChI=1S/C14H19ClN5O6P/c1-2-25-27(23,24)26-4-14-3-6(14)8(9(21)10(14)22)20-5-17-7-11(16)18-13(15)19-12(7)20/h5-6,8-10,21-22H,2-4H2,1H3,(H,23,24)(H2,16,18,19)/t6-,8-,9+,10+,14-/m1/s1. The number of rotatable bonds is 6. The number of halogens is 1. The molecule has 4 rings (SSSR count). The summed E-state index contributed by atoms with van der Waals surface area (Å²) in [4.78, 5) is 21.8. The molecule has 2 aromatic heterocycles. The Balaban J connectivity index is 1.63. The van der Waals surface area contributed by atoms with Crippen LogP contribution in [0.1, 0.15) is 19.4 Å². The third kappa shape index (κ3) is 2.94. The maximum atomic E-state index is 11.8. The number of phosphoric acid groups is 1. The van der Waals surface area contributed by atoms with Gasteiger partial charge in [0.15, 0.2) is 11.5 Å². The number of imidazole rings is 1. The van der Waals surface area contributed by atoms with E-state index in [1.54, 1.807) is 11.5 Å². The molecular formula is C14H19ClN5O6P. The fraction of sp³-hybridized carbons (Fsp3) is 0.643. The van der Waals surface area contributed by atoms with E-state index in [4.69, 9.17) is 21.9 Å². The molecule has 1 unspecified atom stereocenters. The smallest absolute Gasteiger partial charge is 0.390 e. The van der Waals surface area contributed by atoms with Crippen molar-refractivity contribution in [1.29, 1.82) is 0 Å². The second-order valence-electron chi connectivity index (χ2n) is 6.83. The van der Waals surface area contributed by atoms with Crippen molar-refractivity contribution in [3.05, 3.63) is 11.6 Å². The molecule has 2 saturated carbocycles. The van der Waals surface area contributed by atoms with Crippen LogP contribution in [-0.4, -0.2) is 60.0 Å². The van der Waals surface area contributed by atoms with Gasteiger partial charge in [-0.15, -0.1) is 0 Å². The van der Waals surface area contributed by atoms with Gasteiger partial charge in [0.2, 0.25) is 5.28 Å². The first-order valence-corrected chi connectivity index (χ1v) is 10.2. The maximum absolute atomic E-state index is 11.8. The highest BCUT2D eigenvalue weighted by atomic mass is 35.5. The number of nitrogens with two attached hydrogens (primary N) is 1. The molecule has 148 valence electrons. The first-order valence-electron chi connectivity index (χ1n) is 8.34. The lowest BCUT2D eigenvalue weighted by Crippen LogP contribution is -2.35. The quantitative estimate of drug-likeness (QED) is 0.382. The number of aromatic nitrogens is 4. The van der Waals surface area contributed by atoms with Gasteiger partial charge in [0.1, 0.15) is 11.6 Å². The summed E-state index contributed by atoms with van der Waals surface area (Å²) in [6.45, 7) is 1.36. The second kappa shape index (κ2) is 6.35. The van der Waals surface area contributed by atoms with Crippen LogP contribution in [-0.2, 0) is 13.6 Å². The van der Waals surface area contributed by atoms with E-state index >= 15 is 0 Å². The van der Waals surface area contributed by atoms with Gasteiger partial charge in [-0.1, -0.05) is 0 Å². The Kier molecular flexibility index (Phi) is 4.47. The zero-order valence-corrected chi connectivity index (χ0v) is 15.9. The van der Waals surface area contributed by atoms with Crippen LogP contribution in [0.25, 0.3) is 11.2 Å². The van der Waals surface area contributed by atoms with E-state index in [0.717, 1.165) is 0 Å². The van der Waals surface area contributed by atoms with Crippen LogP contribution in [0.5, 0.6) is 0 Å². The second-order valence-corrected chi connectivity index (χ2v) is 8.62. The fourth-order valence-electron chi connectivity index (χ4n) is 4.06. The van der Waals surface area contributed by atoms with Crippen molar-refractivity contribution in [2.45, 2.75) is 31.6 Å². The predicted molar refractivity (Wildman–Crippen MR) is 93.7 cm³/mol. The summed E-state index contributed by atoms with van der Waals surface area (Å²) < 4.78 is 23.1. The monoisotopic (exact) mass is 419 g/mol. The first kappa shape index (κ1) is 19.0. The lowest BCUT2D eigenvalue weighted by molar-refractivity contribution is -0.0305. The Morgan fingerprint density at radius 3 is 2.89 bits per heavy atom. The van der Waals surface area contributed by atoms with Gasteiger partial charge in [-0.3, -0.25) is 9.05 Å². The molecule has 2 heterocycles.